The Hall–Kier alpha value is -2.92. The summed E-state index contributed by atoms with van der Waals surface area (Å²) in [4.78, 5) is 15.7. The lowest BCUT2D eigenvalue weighted by Gasteiger charge is -2.37. The monoisotopic (exact) mass is 389 g/mol. The van der Waals surface area contributed by atoms with Gasteiger partial charge >= 0.3 is 0 Å². The first-order valence-electron chi connectivity index (χ1n) is 10.1. The Labute approximate surface area is 171 Å². The molecule has 0 radical (unpaired) electrons. The summed E-state index contributed by atoms with van der Waals surface area (Å²) < 4.78 is 5.12. The molecule has 1 aliphatic carbocycles. The Bertz CT molecular complexity index is 956. The van der Waals surface area contributed by atoms with Gasteiger partial charge in [0, 0.05) is 25.5 Å². The van der Waals surface area contributed by atoms with Crippen molar-refractivity contribution < 1.29 is 9.32 Å². The highest BCUT2D eigenvalue weighted by molar-refractivity contribution is 5.88. The number of rotatable bonds is 7. The van der Waals surface area contributed by atoms with E-state index in [4.69, 9.17) is 4.52 Å². The summed E-state index contributed by atoms with van der Waals surface area (Å²) in [6.07, 6.45) is 2.35. The largest absolute Gasteiger partial charge is 0.361 e. The molecule has 3 aromatic rings. The fourth-order valence-corrected chi connectivity index (χ4v) is 4.19. The van der Waals surface area contributed by atoms with Crippen molar-refractivity contribution >= 4 is 5.91 Å². The zero-order chi connectivity index (χ0) is 20.3. The number of benzene rings is 2. The van der Waals surface area contributed by atoms with Crippen LogP contribution in [-0.4, -0.2) is 35.1 Å². The Morgan fingerprint density at radius 3 is 2.38 bits per heavy atom. The van der Waals surface area contributed by atoms with Gasteiger partial charge in [-0.25, -0.2) is 0 Å². The third-order valence-corrected chi connectivity index (χ3v) is 5.92. The number of nitrogens with one attached hydrogen (secondary N) is 1. The number of nitrogens with zero attached hydrogens (tertiary/aromatic N) is 2. The van der Waals surface area contributed by atoms with Crippen molar-refractivity contribution in [1.82, 2.24) is 15.4 Å². The van der Waals surface area contributed by atoms with Gasteiger partial charge in [0.2, 0.25) is 5.91 Å². The van der Waals surface area contributed by atoms with Crippen LogP contribution in [0.3, 0.4) is 0 Å². The molecule has 5 heteroatoms. The van der Waals surface area contributed by atoms with Gasteiger partial charge in [0.15, 0.2) is 0 Å². The predicted molar refractivity (Wildman–Crippen MR) is 112 cm³/mol. The van der Waals surface area contributed by atoms with Crippen molar-refractivity contribution in [1.29, 1.82) is 0 Å². The van der Waals surface area contributed by atoms with E-state index in [1.165, 1.54) is 16.7 Å². The Balaban J connectivity index is 1.52. The van der Waals surface area contributed by atoms with Gasteiger partial charge in [0.1, 0.15) is 17.0 Å². The summed E-state index contributed by atoms with van der Waals surface area (Å²) in [6, 6.07) is 20.6. The number of hydrogen-bond acceptors (Lipinski definition) is 4. The fourth-order valence-electron chi connectivity index (χ4n) is 4.19. The summed E-state index contributed by atoms with van der Waals surface area (Å²) in [7, 11) is 2.06. The van der Waals surface area contributed by atoms with Crippen molar-refractivity contribution in [3.05, 3.63) is 88.8 Å². The van der Waals surface area contributed by atoms with Crippen molar-refractivity contribution in [3.63, 3.8) is 0 Å². The smallest absolute Gasteiger partial charge is 0.241 e. The predicted octanol–water partition coefficient (Wildman–Crippen LogP) is 3.31. The molecule has 0 aliphatic heterocycles. The van der Waals surface area contributed by atoms with Crippen molar-refractivity contribution in [2.45, 2.75) is 38.3 Å². The number of carbonyl (C=O) groups is 1. The van der Waals surface area contributed by atoms with E-state index in [0.29, 0.717) is 6.54 Å². The van der Waals surface area contributed by atoms with Gasteiger partial charge in [-0.1, -0.05) is 59.8 Å². The highest BCUT2D eigenvalue weighted by Crippen LogP contribution is 2.34. The molecule has 29 heavy (non-hydrogen) atoms. The van der Waals surface area contributed by atoms with Gasteiger partial charge in [-0.2, -0.15) is 0 Å². The molecule has 0 saturated carbocycles. The normalized spacial score (nSPS) is 14.7. The molecule has 0 unspecified atom stereocenters. The quantitative estimate of drug-likeness (QED) is 0.674. The average Bonchev–Trinajstić information content (AvgIpc) is 3.35. The maximum atomic E-state index is 13.5. The van der Waals surface area contributed by atoms with E-state index < -0.39 is 5.54 Å². The van der Waals surface area contributed by atoms with Crippen LogP contribution in [0.15, 0.2) is 65.2 Å². The van der Waals surface area contributed by atoms with Gasteiger partial charge in [-0.15, -0.1) is 0 Å². The molecule has 2 aromatic carbocycles. The number of aryl methyl sites for hydroxylation is 1. The topological polar surface area (TPSA) is 58.4 Å². The first-order valence-corrected chi connectivity index (χ1v) is 10.1. The lowest BCUT2D eigenvalue weighted by molar-refractivity contribution is -0.132. The van der Waals surface area contributed by atoms with Gasteiger partial charge < -0.3 is 9.84 Å². The molecule has 5 nitrogen and oxygen atoms in total. The Kier molecular flexibility index (Phi) is 5.49. The molecule has 1 heterocycles. The summed E-state index contributed by atoms with van der Waals surface area (Å²) in [5.74, 6) is 0.794. The van der Waals surface area contributed by atoms with Crippen LogP contribution in [-0.2, 0) is 30.6 Å². The average molecular weight is 389 g/mol. The Morgan fingerprint density at radius 1 is 1.10 bits per heavy atom. The number of amides is 1. The summed E-state index contributed by atoms with van der Waals surface area (Å²) in [5.41, 5.74) is 3.95. The van der Waals surface area contributed by atoms with Crippen molar-refractivity contribution in [3.8, 4) is 0 Å². The molecule has 0 atom stereocenters. The van der Waals surface area contributed by atoms with E-state index in [-0.39, 0.29) is 5.91 Å². The number of hydrogen-bond donors (Lipinski definition) is 1. The zero-order valence-electron chi connectivity index (χ0n) is 17.0. The minimum atomic E-state index is -0.586. The minimum Gasteiger partial charge on any atom is -0.361 e. The van der Waals surface area contributed by atoms with Gasteiger partial charge in [0.25, 0.3) is 0 Å². The third-order valence-electron chi connectivity index (χ3n) is 5.92. The van der Waals surface area contributed by atoms with E-state index in [1.54, 1.807) is 0 Å². The molecule has 1 aromatic heterocycles. The fraction of sp³-hybridized carbons (Fsp3) is 0.333. The maximum absolute atomic E-state index is 13.5. The number of likely N-dealkylation sites (N-methyl/N-ethyl adjacent to an activating group) is 1. The molecule has 0 fully saturated rings. The highest BCUT2D eigenvalue weighted by atomic mass is 16.5. The van der Waals surface area contributed by atoms with E-state index >= 15 is 0 Å². The van der Waals surface area contributed by atoms with Crippen LogP contribution in [0, 0.1) is 6.92 Å². The van der Waals surface area contributed by atoms with Crippen LogP contribution in [0.5, 0.6) is 0 Å². The SMILES string of the molecule is Cc1cc(CNC(=O)C2(N(C)CCc3ccccc3)Cc3ccccc3C2)no1. The highest BCUT2D eigenvalue weighted by Gasteiger charge is 2.46. The lowest BCUT2D eigenvalue weighted by atomic mass is 9.91. The molecule has 0 saturated heterocycles. The van der Waals surface area contributed by atoms with Crippen LogP contribution in [0.25, 0.3) is 0 Å². The van der Waals surface area contributed by atoms with E-state index in [9.17, 15) is 4.79 Å². The molecule has 0 spiro atoms. The van der Waals surface area contributed by atoms with Gasteiger partial charge in [-0.05, 0) is 37.1 Å². The lowest BCUT2D eigenvalue weighted by Crippen LogP contribution is -2.58. The molecular formula is C24H27N3O2. The second-order valence-electron chi connectivity index (χ2n) is 7.92. The van der Waals surface area contributed by atoms with Crippen molar-refractivity contribution in [2.75, 3.05) is 13.6 Å². The Morgan fingerprint density at radius 2 is 1.76 bits per heavy atom. The summed E-state index contributed by atoms with van der Waals surface area (Å²) in [5, 5.41) is 7.10. The van der Waals surface area contributed by atoms with Gasteiger partial charge in [-0.3, -0.25) is 9.69 Å². The zero-order valence-corrected chi connectivity index (χ0v) is 17.0. The minimum absolute atomic E-state index is 0.0462. The van der Waals surface area contributed by atoms with Crippen LogP contribution in [0.4, 0.5) is 0 Å². The summed E-state index contributed by atoms with van der Waals surface area (Å²) in [6.45, 7) is 3.04. The third kappa shape index (κ3) is 4.10. The van der Waals surface area contributed by atoms with Crippen LogP contribution < -0.4 is 5.32 Å². The van der Waals surface area contributed by atoms with E-state index in [0.717, 1.165) is 37.3 Å². The molecule has 0 bridgehead atoms. The number of aromatic nitrogens is 1. The maximum Gasteiger partial charge on any atom is 0.241 e. The second kappa shape index (κ2) is 8.21. The number of fused-ring (bicyclic) bond motifs is 1. The van der Waals surface area contributed by atoms with Crippen LogP contribution in [0.2, 0.25) is 0 Å². The molecule has 1 amide bonds. The van der Waals surface area contributed by atoms with E-state index in [1.807, 2.05) is 19.1 Å². The standard InChI is InChI=1S/C24H27N3O2/c1-18-14-22(26-29-18)17-25-23(28)24(15-20-10-6-7-11-21(20)16-24)27(2)13-12-19-8-4-3-5-9-19/h3-11,14H,12-13,15-17H2,1-2H3,(H,25,28). The summed E-state index contributed by atoms with van der Waals surface area (Å²) >= 11 is 0. The first kappa shape index (κ1) is 19.4. The second-order valence-corrected chi connectivity index (χ2v) is 7.92. The molecule has 1 aliphatic rings. The molecule has 1 N–H and O–H groups in total. The number of carbonyl (C=O) groups excluding carboxylic acids is 1. The van der Waals surface area contributed by atoms with Gasteiger partial charge in [0.05, 0.1) is 6.54 Å². The van der Waals surface area contributed by atoms with Crippen molar-refractivity contribution in [2.24, 2.45) is 0 Å². The van der Waals surface area contributed by atoms with Crippen LogP contribution in [0.1, 0.15) is 28.1 Å². The van der Waals surface area contributed by atoms with E-state index in [2.05, 4.69) is 71.0 Å². The molecule has 4 rings (SSSR count). The first-order chi connectivity index (χ1) is 14.1. The molecule has 150 valence electrons. The van der Waals surface area contributed by atoms with Crippen LogP contribution >= 0.6 is 0 Å². The molecular weight excluding hydrogens is 362 g/mol.